The van der Waals surface area contributed by atoms with Crippen LogP contribution < -0.4 is 5.32 Å². The summed E-state index contributed by atoms with van der Waals surface area (Å²) in [6, 6.07) is -0.864. The molecule has 0 aromatic carbocycles. The zero-order valence-electron chi connectivity index (χ0n) is 23.9. The zero-order chi connectivity index (χ0) is 28.6. The van der Waals surface area contributed by atoms with E-state index in [1.54, 1.807) is 13.0 Å². The van der Waals surface area contributed by atoms with Crippen molar-refractivity contribution in [3.63, 3.8) is 0 Å². The van der Waals surface area contributed by atoms with E-state index in [2.05, 4.69) is 5.32 Å². The van der Waals surface area contributed by atoms with E-state index in [0.29, 0.717) is 5.57 Å². The minimum atomic E-state index is -0.864. The van der Waals surface area contributed by atoms with Crippen LogP contribution in [0.3, 0.4) is 0 Å². The molecule has 2 aliphatic rings. The molecule has 0 saturated heterocycles. The van der Waals surface area contributed by atoms with Gasteiger partial charge in [-0.25, -0.2) is 0 Å². The molecule has 7 nitrogen and oxygen atoms in total. The summed E-state index contributed by atoms with van der Waals surface area (Å²) in [5.41, 5.74) is -0.147. The molecule has 1 fully saturated rings. The van der Waals surface area contributed by atoms with Gasteiger partial charge in [0.25, 0.3) is 0 Å². The Balaban J connectivity index is 2.02. The minimum absolute atomic E-state index is 0.0522. The Labute approximate surface area is 227 Å². The second kappa shape index (κ2) is 13.9. The summed E-state index contributed by atoms with van der Waals surface area (Å²) in [6.45, 7) is 10.8. The van der Waals surface area contributed by atoms with Gasteiger partial charge in [0, 0.05) is 37.2 Å². The third kappa shape index (κ3) is 9.25. The lowest BCUT2D eigenvalue weighted by molar-refractivity contribution is -0.142. The Morgan fingerprint density at radius 1 is 0.947 bits per heavy atom. The maximum atomic E-state index is 13.2. The first-order valence-corrected chi connectivity index (χ1v) is 14.0. The molecule has 0 radical (unpaired) electrons. The van der Waals surface area contributed by atoms with Gasteiger partial charge in [-0.3, -0.25) is 28.8 Å². The van der Waals surface area contributed by atoms with Crippen molar-refractivity contribution < 1.29 is 28.8 Å². The quantitative estimate of drug-likeness (QED) is 0.341. The number of nitrogens with one attached hydrogen (secondary N) is 1. The standard InChI is InChI=1S/C31H45NO6/c1-19(2)24(29(37)28(36)16-21-10-8-7-9-11-21)17-26(34)20(3)32-30(38)25(31(4,5)6)18-27(35)22-12-14-23(33)15-13-22/h12-14,19-21,24-25H,7-11,15-18H2,1-6H3,(H,32,38)/t20-,24-,25+/m0/s1. The van der Waals surface area contributed by atoms with Gasteiger partial charge in [0.1, 0.15) is 0 Å². The first-order valence-electron chi connectivity index (χ1n) is 14.0. The van der Waals surface area contributed by atoms with E-state index in [1.165, 1.54) is 18.6 Å². The molecule has 1 saturated carbocycles. The molecule has 3 atom stereocenters. The van der Waals surface area contributed by atoms with Crippen LogP contribution in [0.1, 0.15) is 99.3 Å². The summed E-state index contributed by atoms with van der Waals surface area (Å²) in [6.07, 6.45) is 9.96. The second-order valence-electron chi connectivity index (χ2n) is 12.5. The Hall–Kier alpha value is -2.70. The lowest BCUT2D eigenvalue weighted by Gasteiger charge is -2.30. The van der Waals surface area contributed by atoms with Gasteiger partial charge >= 0.3 is 0 Å². The molecule has 0 heterocycles. The second-order valence-corrected chi connectivity index (χ2v) is 12.5. The van der Waals surface area contributed by atoms with E-state index in [1.807, 2.05) is 34.6 Å². The predicted octanol–water partition coefficient (Wildman–Crippen LogP) is 4.91. The normalized spacial score (nSPS) is 18.9. The monoisotopic (exact) mass is 527 g/mol. The average molecular weight is 528 g/mol. The number of allylic oxidation sites excluding steroid dienone is 4. The van der Waals surface area contributed by atoms with Crippen molar-refractivity contribution >= 4 is 34.8 Å². The molecular formula is C31H45NO6. The maximum absolute atomic E-state index is 13.2. The highest BCUT2D eigenvalue weighted by atomic mass is 16.2. The summed E-state index contributed by atoms with van der Waals surface area (Å²) in [4.78, 5) is 76.3. The number of carbonyl (C=O) groups excluding carboxylic acids is 6. The predicted molar refractivity (Wildman–Crippen MR) is 146 cm³/mol. The average Bonchev–Trinajstić information content (AvgIpc) is 2.85. The van der Waals surface area contributed by atoms with Crippen LogP contribution in [0.25, 0.3) is 0 Å². The molecule has 2 aliphatic carbocycles. The molecule has 0 bridgehead atoms. The van der Waals surface area contributed by atoms with Gasteiger partial charge in [-0.1, -0.05) is 72.8 Å². The van der Waals surface area contributed by atoms with Crippen molar-refractivity contribution in [2.75, 3.05) is 0 Å². The van der Waals surface area contributed by atoms with E-state index in [-0.39, 0.29) is 60.7 Å². The summed E-state index contributed by atoms with van der Waals surface area (Å²) in [7, 11) is 0. The summed E-state index contributed by atoms with van der Waals surface area (Å²) < 4.78 is 0. The van der Waals surface area contributed by atoms with Gasteiger partial charge < -0.3 is 5.32 Å². The molecule has 1 amide bonds. The highest BCUT2D eigenvalue weighted by Gasteiger charge is 2.36. The van der Waals surface area contributed by atoms with Crippen LogP contribution in [-0.2, 0) is 28.8 Å². The molecule has 0 aromatic rings. The first kappa shape index (κ1) is 31.5. The fraction of sp³-hybridized carbons (Fsp3) is 0.677. The zero-order valence-corrected chi connectivity index (χ0v) is 23.9. The van der Waals surface area contributed by atoms with Crippen LogP contribution in [0.4, 0.5) is 0 Å². The van der Waals surface area contributed by atoms with E-state index >= 15 is 0 Å². The summed E-state index contributed by atoms with van der Waals surface area (Å²) in [5.74, 6) is -3.26. The van der Waals surface area contributed by atoms with Crippen LogP contribution in [0, 0.1) is 29.1 Å². The summed E-state index contributed by atoms with van der Waals surface area (Å²) >= 11 is 0. The number of Topliss-reactive ketones (excluding diaryl/α,β-unsaturated/α-hetero) is 4. The minimum Gasteiger partial charge on any atom is -0.346 e. The number of hydrogen-bond acceptors (Lipinski definition) is 6. The number of ketones is 5. The van der Waals surface area contributed by atoms with Gasteiger partial charge in [-0.15, -0.1) is 0 Å². The van der Waals surface area contributed by atoms with Gasteiger partial charge in [-0.05, 0) is 36.3 Å². The summed E-state index contributed by atoms with van der Waals surface area (Å²) in [5, 5.41) is 2.75. The van der Waals surface area contributed by atoms with Crippen LogP contribution >= 0.6 is 0 Å². The molecule has 0 unspecified atom stereocenters. The number of carbonyl (C=O) groups is 6. The molecule has 7 heteroatoms. The van der Waals surface area contributed by atoms with Crippen molar-refractivity contribution in [1.29, 1.82) is 0 Å². The fourth-order valence-corrected chi connectivity index (χ4v) is 5.21. The lowest BCUT2D eigenvalue weighted by atomic mass is 9.76. The number of amides is 1. The van der Waals surface area contributed by atoms with Crippen molar-refractivity contribution in [1.82, 2.24) is 5.32 Å². The molecule has 0 aromatic heterocycles. The third-order valence-electron chi connectivity index (χ3n) is 7.92. The highest BCUT2D eigenvalue weighted by Crippen LogP contribution is 2.31. The highest BCUT2D eigenvalue weighted by molar-refractivity contribution is 6.38. The van der Waals surface area contributed by atoms with Gasteiger partial charge in [0.15, 0.2) is 23.1 Å². The Morgan fingerprint density at radius 2 is 1.58 bits per heavy atom. The van der Waals surface area contributed by atoms with E-state index in [0.717, 1.165) is 25.7 Å². The third-order valence-corrected chi connectivity index (χ3v) is 7.92. The van der Waals surface area contributed by atoms with Crippen LogP contribution in [0.2, 0.25) is 0 Å². The van der Waals surface area contributed by atoms with Crippen molar-refractivity contribution in [2.45, 2.75) is 105 Å². The van der Waals surface area contributed by atoms with Gasteiger partial charge in [-0.2, -0.15) is 0 Å². The van der Waals surface area contributed by atoms with Crippen LogP contribution in [-0.4, -0.2) is 40.9 Å². The topological polar surface area (TPSA) is 114 Å². The Kier molecular flexibility index (Phi) is 11.5. The first-order chi connectivity index (χ1) is 17.7. The molecule has 210 valence electrons. The Bertz CT molecular complexity index is 990. The molecule has 0 aliphatic heterocycles. The number of rotatable bonds is 13. The Morgan fingerprint density at radius 3 is 2.11 bits per heavy atom. The lowest BCUT2D eigenvalue weighted by Crippen LogP contribution is -2.46. The molecule has 38 heavy (non-hydrogen) atoms. The smallest absolute Gasteiger partial charge is 0.224 e. The molecule has 2 rings (SSSR count). The molecular weight excluding hydrogens is 482 g/mol. The molecule has 1 N–H and O–H groups in total. The van der Waals surface area contributed by atoms with E-state index < -0.39 is 35.0 Å². The van der Waals surface area contributed by atoms with Gasteiger partial charge in [0.2, 0.25) is 11.7 Å². The van der Waals surface area contributed by atoms with E-state index in [9.17, 15) is 28.8 Å². The maximum Gasteiger partial charge on any atom is 0.224 e. The SMILES string of the molecule is CC(C)[C@H](CC(=O)[C@H](C)NC(=O)[C@@H](CC(=O)C1=CCC(=O)C=C1)C(C)(C)C)C(=O)C(=O)CC1CCCCC1. The van der Waals surface area contributed by atoms with E-state index in [4.69, 9.17) is 0 Å². The van der Waals surface area contributed by atoms with Crippen molar-refractivity contribution in [3.8, 4) is 0 Å². The van der Waals surface area contributed by atoms with Crippen molar-refractivity contribution in [3.05, 3.63) is 23.8 Å². The van der Waals surface area contributed by atoms with Gasteiger partial charge in [0.05, 0.1) is 12.0 Å². The fourth-order valence-electron chi connectivity index (χ4n) is 5.21. The largest absolute Gasteiger partial charge is 0.346 e. The van der Waals surface area contributed by atoms with Crippen molar-refractivity contribution in [2.24, 2.45) is 29.1 Å². The molecule has 0 spiro atoms. The number of hydrogen-bond donors (Lipinski definition) is 1. The van der Waals surface area contributed by atoms with Crippen LogP contribution in [0.15, 0.2) is 23.8 Å². The van der Waals surface area contributed by atoms with Crippen LogP contribution in [0.5, 0.6) is 0 Å².